The van der Waals surface area contributed by atoms with Gasteiger partial charge in [0.2, 0.25) is 5.91 Å². The first-order valence-corrected chi connectivity index (χ1v) is 6.27. The maximum Gasteiger partial charge on any atom is 0.246 e. The fourth-order valence-electron chi connectivity index (χ4n) is 2.44. The van der Waals surface area contributed by atoms with Gasteiger partial charge in [0.1, 0.15) is 6.61 Å². The number of carbonyl (C=O) groups is 1. The Kier molecular flexibility index (Phi) is 3.50. The fourth-order valence-corrected chi connectivity index (χ4v) is 2.44. The molecule has 0 aliphatic heterocycles. The van der Waals surface area contributed by atoms with Crippen molar-refractivity contribution in [1.82, 2.24) is 5.32 Å². The standard InChI is InChI=1S/C12H22N2O2/c1-9-4-5-12(6-9,8-13)16-7-11(15)14-10-2-3-10/h9-10H,2-8,13H2,1H3,(H,14,15). The Morgan fingerprint density at radius 1 is 1.50 bits per heavy atom. The normalized spacial score (nSPS) is 34.0. The lowest BCUT2D eigenvalue weighted by molar-refractivity contribution is -0.132. The molecule has 92 valence electrons. The lowest BCUT2D eigenvalue weighted by Gasteiger charge is -2.27. The minimum Gasteiger partial charge on any atom is -0.364 e. The number of nitrogens with one attached hydrogen (secondary N) is 1. The third kappa shape index (κ3) is 2.95. The van der Waals surface area contributed by atoms with Crippen LogP contribution in [0.4, 0.5) is 0 Å². The molecule has 0 radical (unpaired) electrons. The summed E-state index contributed by atoms with van der Waals surface area (Å²) in [7, 11) is 0. The van der Waals surface area contributed by atoms with E-state index in [0.29, 0.717) is 18.5 Å². The summed E-state index contributed by atoms with van der Waals surface area (Å²) in [4.78, 5) is 11.5. The molecule has 0 heterocycles. The van der Waals surface area contributed by atoms with E-state index >= 15 is 0 Å². The van der Waals surface area contributed by atoms with Crippen LogP contribution in [0.2, 0.25) is 0 Å². The predicted octanol–water partition coefficient (Wildman–Crippen LogP) is 0.799. The van der Waals surface area contributed by atoms with Crippen LogP contribution in [0.15, 0.2) is 0 Å². The summed E-state index contributed by atoms with van der Waals surface area (Å²) in [5, 5.41) is 2.93. The lowest BCUT2D eigenvalue weighted by atomic mass is 10.0. The molecule has 0 saturated heterocycles. The van der Waals surface area contributed by atoms with Gasteiger partial charge in [-0.3, -0.25) is 4.79 Å². The Hall–Kier alpha value is -0.610. The van der Waals surface area contributed by atoms with E-state index in [-0.39, 0.29) is 18.1 Å². The van der Waals surface area contributed by atoms with Gasteiger partial charge in [-0.05, 0) is 38.0 Å². The molecule has 0 aromatic carbocycles. The van der Waals surface area contributed by atoms with Crippen molar-refractivity contribution in [1.29, 1.82) is 0 Å². The second kappa shape index (κ2) is 4.72. The molecule has 0 aromatic rings. The quantitative estimate of drug-likeness (QED) is 0.728. The van der Waals surface area contributed by atoms with E-state index in [0.717, 1.165) is 32.1 Å². The maximum atomic E-state index is 11.5. The smallest absolute Gasteiger partial charge is 0.246 e. The van der Waals surface area contributed by atoms with Crippen molar-refractivity contribution in [3.63, 3.8) is 0 Å². The molecular weight excluding hydrogens is 204 g/mol. The second-order valence-corrected chi connectivity index (χ2v) is 5.37. The highest BCUT2D eigenvalue weighted by molar-refractivity contribution is 5.77. The zero-order chi connectivity index (χ0) is 11.6. The molecule has 3 N–H and O–H groups in total. The zero-order valence-corrected chi connectivity index (χ0v) is 10.00. The summed E-state index contributed by atoms with van der Waals surface area (Å²) in [6.45, 7) is 2.90. The van der Waals surface area contributed by atoms with Gasteiger partial charge in [0.05, 0.1) is 5.60 Å². The van der Waals surface area contributed by atoms with E-state index in [9.17, 15) is 4.79 Å². The van der Waals surface area contributed by atoms with Crippen LogP contribution in [0.1, 0.15) is 39.0 Å². The Bertz CT molecular complexity index is 266. The van der Waals surface area contributed by atoms with E-state index in [1.54, 1.807) is 0 Å². The predicted molar refractivity (Wildman–Crippen MR) is 61.9 cm³/mol. The van der Waals surface area contributed by atoms with Crippen molar-refractivity contribution in [3.8, 4) is 0 Å². The molecule has 2 aliphatic rings. The van der Waals surface area contributed by atoms with Gasteiger partial charge in [-0.25, -0.2) is 0 Å². The summed E-state index contributed by atoms with van der Waals surface area (Å²) in [6, 6.07) is 0.410. The third-order valence-corrected chi connectivity index (χ3v) is 3.64. The summed E-state index contributed by atoms with van der Waals surface area (Å²) in [5.74, 6) is 0.671. The number of ether oxygens (including phenoxy) is 1. The second-order valence-electron chi connectivity index (χ2n) is 5.37. The first-order valence-electron chi connectivity index (χ1n) is 6.27. The molecule has 0 aromatic heterocycles. The molecule has 1 amide bonds. The molecule has 16 heavy (non-hydrogen) atoms. The Morgan fingerprint density at radius 3 is 2.75 bits per heavy atom. The molecule has 2 fully saturated rings. The summed E-state index contributed by atoms with van der Waals surface area (Å²) < 4.78 is 5.76. The highest BCUT2D eigenvalue weighted by atomic mass is 16.5. The summed E-state index contributed by atoms with van der Waals surface area (Å²) >= 11 is 0. The number of hydrogen-bond acceptors (Lipinski definition) is 3. The van der Waals surface area contributed by atoms with E-state index in [1.165, 1.54) is 0 Å². The van der Waals surface area contributed by atoms with Crippen LogP contribution in [0.3, 0.4) is 0 Å². The van der Waals surface area contributed by atoms with Crippen molar-refractivity contribution in [2.45, 2.75) is 50.7 Å². The molecule has 4 heteroatoms. The van der Waals surface area contributed by atoms with Gasteiger partial charge in [0.15, 0.2) is 0 Å². The summed E-state index contributed by atoms with van der Waals surface area (Å²) in [5.41, 5.74) is 5.54. The van der Waals surface area contributed by atoms with E-state index in [4.69, 9.17) is 10.5 Å². The highest BCUT2D eigenvalue weighted by Crippen LogP contribution is 2.36. The Labute approximate surface area is 96.9 Å². The van der Waals surface area contributed by atoms with Crippen molar-refractivity contribution in [3.05, 3.63) is 0 Å². The van der Waals surface area contributed by atoms with Crippen LogP contribution in [0, 0.1) is 5.92 Å². The molecule has 2 saturated carbocycles. The van der Waals surface area contributed by atoms with Gasteiger partial charge in [-0.1, -0.05) is 6.92 Å². The molecule has 0 bridgehead atoms. The van der Waals surface area contributed by atoms with Crippen LogP contribution >= 0.6 is 0 Å². The zero-order valence-electron chi connectivity index (χ0n) is 10.00. The first kappa shape index (κ1) is 11.9. The molecule has 2 rings (SSSR count). The molecule has 4 nitrogen and oxygen atoms in total. The minimum atomic E-state index is -0.236. The topological polar surface area (TPSA) is 64.3 Å². The van der Waals surface area contributed by atoms with Gasteiger partial charge in [0, 0.05) is 12.6 Å². The van der Waals surface area contributed by atoms with E-state index < -0.39 is 0 Å². The van der Waals surface area contributed by atoms with Crippen molar-refractivity contribution in [2.75, 3.05) is 13.2 Å². The molecule has 0 spiro atoms. The van der Waals surface area contributed by atoms with Crippen LogP contribution in [0.5, 0.6) is 0 Å². The number of rotatable bonds is 5. The molecule has 2 atom stereocenters. The highest BCUT2D eigenvalue weighted by Gasteiger charge is 2.37. The molecule has 2 aliphatic carbocycles. The lowest BCUT2D eigenvalue weighted by Crippen LogP contribution is -2.42. The van der Waals surface area contributed by atoms with Crippen LogP contribution in [-0.2, 0) is 9.53 Å². The van der Waals surface area contributed by atoms with Crippen molar-refractivity contribution < 1.29 is 9.53 Å². The van der Waals surface area contributed by atoms with Crippen molar-refractivity contribution in [2.24, 2.45) is 11.7 Å². The minimum absolute atomic E-state index is 0.00915. The van der Waals surface area contributed by atoms with Crippen LogP contribution in [0.25, 0.3) is 0 Å². The van der Waals surface area contributed by atoms with Gasteiger partial charge in [0.25, 0.3) is 0 Å². The van der Waals surface area contributed by atoms with E-state index in [2.05, 4.69) is 12.2 Å². The van der Waals surface area contributed by atoms with Gasteiger partial charge in [-0.15, -0.1) is 0 Å². The SMILES string of the molecule is CC1CCC(CN)(OCC(=O)NC2CC2)C1. The summed E-state index contributed by atoms with van der Waals surface area (Å²) in [6.07, 6.45) is 5.36. The number of nitrogens with two attached hydrogens (primary N) is 1. The van der Waals surface area contributed by atoms with E-state index in [1.807, 2.05) is 0 Å². The average Bonchev–Trinajstić information content (AvgIpc) is 2.99. The molecule has 2 unspecified atom stereocenters. The van der Waals surface area contributed by atoms with Gasteiger partial charge in [-0.2, -0.15) is 0 Å². The third-order valence-electron chi connectivity index (χ3n) is 3.64. The van der Waals surface area contributed by atoms with Crippen LogP contribution < -0.4 is 11.1 Å². The van der Waals surface area contributed by atoms with Gasteiger partial charge < -0.3 is 15.8 Å². The largest absolute Gasteiger partial charge is 0.364 e. The maximum absolute atomic E-state index is 11.5. The van der Waals surface area contributed by atoms with Crippen LogP contribution in [-0.4, -0.2) is 30.7 Å². The Morgan fingerprint density at radius 2 is 2.25 bits per heavy atom. The number of amides is 1. The monoisotopic (exact) mass is 226 g/mol. The first-order chi connectivity index (χ1) is 7.63. The average molecular weight is 226 g/mol. The van der Waals surface area contributed by atoms with Crippen molar-refractivity contribution >= 4 is 5.91 Å². The number of hydrogen-bond donors (Lipinski definition) is 2. The number of carbonyl (C=O) groups excluding carboxylic acids is 1. The molecular formula is C12H22N2O2. The van der Waals surface area contributed by atoms with Gasteiger partial charge >= 0.3 is 0 Å². The fraction of sp³-hybridized carbons (Fsp3) is 0.917. The Balaban J connectivity index is 1.75.